The predicted molar refractivity (Wildman–Crippen MR) is 88.4 cm³/mol. The Balaban J connectivity index is 1.64. The molecule has 5 heteroatoms. The van der Waals surface area contributed by atoms with Crippen molar-refractivity contribution in [2.24, 2.45) is 5.10 Å². The lowest BCUT2D eigenvalue weighted by atomic mass is 9.97. The smallest absolute Gasteiger partial charge is 0.177 e. The highest BCUT2D eigenvalue weighted by atomic mass is 79.9. The summed E-state index contributed by atoms with van der Waals surface area (Å²) in [6.07, 6.45) is 0.888. The SMILES string of the molecule is COc1ccc(C2=NN3COc4ccc(Br)cc4C3C2)cc1. The Morgan fingerprint density at radius 2 is 2.05 bits per heavy atom. The number of fused-ring (bicyclic) bond motifs is 3. The summed E-state index contributed by atoms with van der Waals surface area (Å²) < 4.78 is 12.1. The highest BCUT2D eigenvalue weighted by Gasteiger charge is 2.34. The number of ether oxygens (including phenoxy) is 2. The molecule has 22 heavy (non-hydrogen) atoms. The third-order valence-corrected chi connectivity index (χ3v) is 4.60. The molecule has 0 spiro atoms. The second-order valence-electron chi connectivity index (χ2n) is 5.39. The number of benzene rings is 2. The van der Waals surface area contributed by atoms with Crippen LogP contribution in [0.1, 0.15) is 23.6 Å². The topological polar surface area (TPSA) is 34.1 Å². The lowest BCUT2D eigenvalue weighted by Gasteiger charge is -2.30. The van der Waals surface area contributed by atoms with Gasteiger partial charge in [0.15, 0.2) is 6.73 Å². The molecule has 0 saturated carbocycles. The van der Waals surface area contributed by atoms with Crippen LogP contribution in [0.25, 0.3) is 0 Å². The summed E-state index contributed by atoms with van der Waals surface area (Å²) in [5, 5.41) is 6.76. The number of hydrogen-bond acceptors (Lipinski definition) is 4. The molecule has 2 aromatic carbocycles. The highest BCUT2D eigenvalue weighted by molar-refractivity contribution is 9.10. The molecule has 0 fully saturated rings. The molecule has 4 nitrogen and oxygen atoms in total. The van der Waals surface area contributed by atoms with Crippen LogP contribution in [0.2, 0.25) is 0 Å². The zero-order valence-corrected chi connectivity index (χ0v) is 13.7. The number of methoxy groups -OCH3 is 1. The van der Waals surface area contributed by atoms with Gasteiger partial charge in [0.25, 0.3) is 0 Å². The van der Waals surface area contributed by atoms with Gasteiger partial charge in [0.1, 0.15) is 11.5 Å². The van der Waals surface area contributed by atoms with Crippen LogP contribution in [0, 0.1) is 0 Å². The number of nitrogens with zero attached hydrogens (tertiary/aromatic N) is 2. The summed E-state index contributed by atoms with van der Waals surface area (Å²) in [7, 11) is 1.68. The minimum absolute atomic E-state index is 0.248. The van der Waals surface area contributed by atoms with Crippen LogP contribution in [0.15, 0.2) is 52.0 Å². The summed E-state index contributed by atoms with van der Waals surface area (Å²) in [5.41, 5.74) is 3.41. The van der Waals surface area contributed by atoms with Crippen LogP contribution < -0.4 is 9.47 Å². The van der Waals surface area contributed by atoms with E-state index in [0.717, 1.165) is 33.7 Å². The fraction of sp³-hybridized carbons (Fsp3) is 0.235. The van der Waals surface area contributed by atoms with E-state index in [0.29, 0.717) is 6.73 Å². The van der Waals surface area contributed by atoms with Crippen molar-refractivity contribution in [1.29, 1.82) is 0 Å². The van der Waals surface area contributed by atoms with Crippen molar-refractivity contribution >= 4 is 21.6 Å². The molecule has 0 radical (unpaired) electrons. The molecule has 4 rings (SSSR count). The fourth-order valence-electron chi connectivity index (χ4n) is 2.95. The Hall–Kier alpha value is -2.01. The van der Waals surface area contributed by atoms with Crippen LogP contribution in [-0.2, 0) is 0 Å². The lowest BCUT2D eigenvalue weighted by Crippen LogP contribution is -2.29. The van der Waals surface area contributed by atoms with Gasteiger partial charge < -0.3 is 9.47 Å². The van der Waals surface area contributed by atoms with Gasteiger partial charge in [0.05, 0.1) is 18.9 Å². The fourth-order valence-corrected chi connectivity index (χ4v) is 3.33. The molecule has 0 saturated heterocycles. The largest absolute Gasteiger partial charge is 0.497 e. The minimum Gasteiger partial charge on any atom is -0.497 e. The maximum absolute atomic E-state index is 5.79. The van der Waals surface area contributed by atoms with Gasteiger partial charge >= 0.3 is 0 Å². The van der Waals surface area contributed by atoms with Crippen molar-refractivity contribution in [3.05, 3.63) is 58.1 Å². The van der Waals surface area contributed by atoms with Crippen LogP contribution >= 0.6 is 15.9 Å². The van der Waals surface area contributed by atoms with E-state index in [2.05, 4.69) is 34.1 Å². The normalized spacial score (nSPS) is 19.1. The standard InChI is InChI=1S/C17H15BrN2O2/c1-21-13-5-2-11(3-6-13)15-9-16-14-8-12(18)4-7-17(14)22-10-20(16)19-15/h2-8,16H,9-10H2,1H3. The molecule has 1 unspecified atom stereocenters. The van der Waals surface area contributed by atoms with Gasteiger partial charge in [-0.1, -0.05) is 15.9 Å². The average Bonchev–Trinajstić information content (AvgIpc) is 2.99. The van der Waals surface area contributed by atoms with Gasteiger partial charge in [-0.25, -0.2) is 0 Å². The van der Waals surface area contributed by atoms with Crippen LogP contribution in [0.5, 0.6) is 11.5 Å². The lowest BCUT2D eigenvalue weighted by molar-refractivity contribution is 0.0749. The molecule has 2 aliphatic heterocycles. The van der Waals surface area contributed by atoms with E-state index in [9.17, 15) is 0 Å². The van der Waals surface area contributed by atoms with Crippen molar-refractivity contribution in [3.63, 3.8) is 0 Å². The number of halogens is 1. The molecule has 0 N–H and O–H groups in total. The molecule has 2 aliphatic rings. The first-order valence-electron chi connectivity index (χ1n) is 7.15. The molecule has 1 atom stereocenters. The zero-order valence-electron chi connectivity index (χ0n) is 12.1. The Morgan fingerprint density at radius 1 is 1.23 bits per heavy atom. The van der Waals surface area contributed by atoms with Crippen LogP contribution in [0.4, 0.5) is 0 Å². The Morgan fingerprint density at radius 3 is 2.82 bits per heavy atom. The van der Waals surface area contributed by atoms with E-state index in [-0.39, 0.29) is 6.04 Å². The third kappa shape index (κ3) is 2.25. The van der Waals surface area contributed by atoms with Gasteiger partial charge in [-0.2, -0.15) is 5.10 Å². The van der Waals surface area contributed by atoms with Crippen molar-refractivity contribution < 1.29 is 9.47 Å². The van der Waals surface area contributed by atoms with Gasteiger partial charge in [0, 0.05) is 16.5 Å². The van der Waals surface area contributed by atoms with E-state index < -0.39 is 0 Å². The van der Waals surface area contributed by atoms with Crippen molar-refractivity contribution in [3.8, 4) is 11.5 Å². The quantitative estimate of drug-likeness (QED) is 0.814. The Labute approximate surface area is 137 Å². The predicted octanol–water partition coefficient (Wildman–Crippen LogP) is 3.96. The Bertz CT molecular complexity index is 743. The highest BCUT2D eigenvalue weighted by Crippen LogP contribution is 2.41. The van der Waals surface area contributed by atoms with Crippen LogP contribution in [-0.4, -0.2) is 24.6 Å². The summed E-state index contributed by atoms with van der Waals surface area (Å²) in [4.78, 5) is 0. The summed E-state index contributed by atoms with van der Waals surface area (Å²) >= 11 is 3.54. The van der Waals surface area contributed by atoms with Crippen molar-refractivity contribution in [2.45, 2.75) is 12.5 Å². The Kier molecular flexibility index (Phi) is 3.30. The van der Waals surface area contributed by atoms with Crippen molar-refractivity contribution in [2.75, 3.05) is 13.8 Å². The molecule has 0 bridgehead atoms. The zero-order chi connectivity index (χ0) is 15.1. The summed E-state index contributed by atoms with van der Waals surface area (Å²) in [6.45, 7) is 0.499. The number of hydrogen-bond donors (Lipinski definition) is 0. The third-order valence-electron chi connectivity index (χ3n) is 4.10. The maximum atomic E-state index is 5.79. The molecule has 0 aliphatic carbocycles. The van der Waals surface area contributed by atoms with Crippen LogP contribution in [0.3, 0.4) is 0 Å². The first kappa shape index (κ1) is 13.6. The van der Waals surface area contributed by atoms with E-state index in [1.807, 2.05) is 29.3 Å². The monoisotopic (exact) mass is 358 g/mol. The average molecular weight is 359 g/mol. The molecule has 112 valence electrons. The molecule has 2 aromatic rings. The number of rotatable bonds is 2. The molecular formula is C17H15BrN2O2. The summed E-state index contributed by atoms with van der Waals surface area (Å²) in [6, 6.07) is 14.4. The summed E-state index contributed by atoms with van der Waals surface area (Å²) in [5.74, 6) is 1.81. The number of hydrazone groups is 1. The van der Waals surface area contributed by atoms with E-state index in [1.54, 1.807) is 7.11 Å². The first-order valence-corrected chi connectivity index (χ1v) is 7.95. The van der Waals surface area contributed by atoms with Gasteiger partial charge in [0.2, 0.25) is 0 Å². The molecule has 0 aromatic heterocycles. The molecule has 0 amide bonds. The van der Waals surface area contributed by atoms with Crippen molar-refractivity contribution in [1.82, 2.24) is 5.01 Å². The van der Waals surface area contributed by atoms with Gasteiger partial charge in [-0.3, -0.25) is 5.01 Å². The van der Waals surface area contributed by atoms with Gasteiger partial charge in [-0.15, -0.1) is 0 Å². The van der Waals surface area contributed by atoms with E-state index >= 15 is 0 Å². The molecule has 2 heterocycles. The van der Waals surface area contributed by atoms with E-state index in [4.69, 9.17) is 14.6 Å². The van der Waals surface area contributed by atoms with E-state index in [1.165, 1.54) is 5.56 Å². The van der Waals surface area contributed by atoms with Gasteiger partial charge in [-0.05, 0) is 48.0 Å². The first-order chi connectivity index (χ1) is 10.7. The molecular weight excluding hydrogens is 344 g/mol. The maximum Gasteiger partial charge on any atom is 0.177 e. The second kappa shape index (κ2) is 5.32. The second-order valence-corrected chi connectivity index (χ2v) is 6.31. The minimum atomic E-state index is 0.248.